The van der Waals surface area contributed by atoms with Gasteiger partial charge in [0, 0.05) is 17.0 Å². The SMILES string of the molecule is CS(=O)(=O)NC(=O)c1cc(Cl)c(-n2nc(Cl)c3cc(-c4ccc(F)nc4F)ccc32)cc1F. The molecule has 0 fully saturated rings. The van der Waals surface area contributed by atoms with Gasteiger partial charge in [-0.1, -0.05) is 29.3 Å². The Labute approximate surface area is 194 Å². The molecule has 0 aliphatic carbocycles. The predicted molar refractivity (Wildman–Crippen MR) is 117 cm³/mol. The van der Waals surface area contributed by atoms with Gasteiger partial charge >= 0.3 is 0 Å². The quantitative estimate of drug-likeness (QED) is 0.404. The lowest BCUT2D eigenvalue weighted by Gasteiger charge is -2.10. The summed E-state index contributed by atoms with van der Waals surface area (Å²) < 4.78 is 67.2. The minimum absolute atomic E-state index is 0.0160. The van der Waals surface area contributed by atoms with Crippen LogP contribution >= 0.6 is 23.2 Å². The number of halogens is 5. The number of carbonyl (C=O) groups is 1. The number of fused-ring (bicyclic) bond motifs is 1. The van der Waals surface area contributed by atoms with E-state index in [9.17, 15) is 26.4 Å². The Morgan fingerprint density at radius 3 is 2.45 bits per heavy atom. The lowest BCUT2D eigenvalue weighted by Crippen LogP contribution is -2.30. The average molecular weight is 515 g/mol. The molecule has 170 valence electrons. The van der Waals surface area contributed by atoms with Crippen LogP contribution in [0.5, 0.6) is 0 Å². The topological polar surface area (TPSA) is 94.0 Å². The van der Waals surface area contributed by atoms with Crippen molar-refractivity contribution >= 4 is 50.0 Å². The highest BCUT2D eigenvalue weighted by Gasteiger charge is 2.21. The standard InChI is InChI=1S/C20H11Cl2F3N4O3S/c1-33(31,32)28-20(30)11-7-13(21)16(8-14(11)23)29-15-4-2-9(6-12(15)18(22)27-29)10-3-5-17(24)26-19(10)25/h2-8H,1H3,(H,28,30). The van der Waals surface area contributed by atoms with E-state index in [1.807, 2.05) is 0 Å². The number of nitrogens with zero attached hydrogens (tertiary/aromatic N) is 3. The van der Waals surface area contributed by atoms with Crippen LogP contribution in [0.15, 0.2) is 42.5 Å². The summed E-state index contributed by atoms with van der Waals surface area (Å²) in [5, 5.41) is 4.35. The van der Waals surface area contributed by atoms with Crippen LogP contribution in [0, 0.1) is 17.7 Å². The molecular weight excluding hydrogens is 504 g/mol. The molecule has 2 aromatic heterocycles. The zero-order valence-electron chi connectivity index (χ0n) is 16.4. The molecule has 4 aromatic rings. The van der Waals surface area contributed by atoms with Gasteiger partial charge in [-0.2, -0.15) is 18.9 Å². The van der Waals surface area contributed by atoms with Crippen molar-refractivity contribution in [2.75, 3.05) is 6.26 Å². The van der Waals surface area contributed by atoms with Gasteiger partial charge in [-0.3, -0.25) is 4.79 Å². The first-order chi connectivity index (χ1) is 15.4. The fraction of sp³-hybridized carbons (Fsp3) is 0.0500. The molecule has 1 N–H and O–H groups in total. The molecule has 0 atom stereocenters. The van der Waals surface area contributed by atoms with Gasteiger partial charge in [0.05, 0.1) is 28.0 Å². The van der Waals surface area contributed by atoms with Crippen molar-refractivity contribution in [2.45, 2.75) is 0 Å². The lowest BCUT2D eigenvalue weighted by molar-refractivity contribution is 0.0978. The maximum atomic E-state index is 14.6. The average Bonchev–Trinajstić information content (AvgIpc) is 3.04. The van der Waals surface area contributed by atoms with Gasteiger partial charge in [0.15, 0.2) is 5.15 Å². The number of rotatable bonds is 4. The second-order valence-corrected chi connectivity index (χ2v) is 9.41. The molecule has 0 unspecified atom stereocenters. The van der Waals surface area contributed by atoms with Gasteiger partial charge in [0.1, 0.15) is 5.82 Å². The Kier molecular flexibility index (Phi) is 5.81. The fourth-order valence-electron chi connectivity index (χ4n) is 3.16. The first-order valence-corrected chi connectivity index (χ1v) is 11.6. The molecule has 0 spiro atoms. The minimum Gasteiger partial charge on any atom is -0.268 e. The van der Waals surface area contributed by atoms with E-state index in [0.29, 0.717) is 16.5 Å². The van der Waals surface area contributed by atoms with E-state index in [1.54, 1.807) is 4.72 Å². The molecular formula is C20H11Cl2F3N4O3S. The second-order valence-electron chi connectivity index (χ2n) is 6.89. The van der Waals surface area contributed by atoms with Crippen molar-refractivity contribution in [1.82, 2.24) is 19.5 Å². The molecule has 2 aromatic carbocycles. The first-order valence-electron chi connectivity index (χ1n) is 8.97. The molecule has 0 bridgehead atoms. The van der Waals surface area contributed by atoms with Crippen molar-refractivity contribution in [3.8, 4) is 16.8 Å². The highest BCUT2D eigenvalue weighted by molar-refractivity contribution is 7.89. The van der Waals surface area contributed by atoms with Gasteiger partial charge in [0.25, 0.3) is 5.91 Å². The maximum Gasteiger partial charge on any atom is 0.267 e. The first kappa shape index (κ1) is 23.0. The van der Waals surface area contributed by atoms with Crippen LogP contribution in [0.2, 0.25) is 10.2 Å². The van der Waals surface area contributed by atoms with Crippen LogP contribution in [-0.2, 0) is 10.0 Å². The van der Waals surface area contributed by atoms with E-state index in [1.165, 1.54) is 28.9 Å². The lowest BCUT2D eigenvalue weighted by atomic mass is 10.1. The van der Waals surface area contributed by atoms with Crippen molar-refractivity contribution in [2.24, 2.45) is 0 Å². The Hall–Kier alpha value is -3.15. The number of aromatic nitrogens is 3. The summed E-state index contributed by atoms with van der Waals surface area (Å²) in [7, 11) is -3.92. The van der Waals surface area contributed by atoms with Crippen molar-refractivity contribution in [3.63, 3.8) is 0 Å². The third kappa shape index (κ3) is 4.52. The third-order valence-electron chi connectivity index (χ3n) is 4.55. The van der Waals surface area contributed by atoms with Crippen LogP contribution in [0.4, 0.5) is 13.2 Å². The minimum atomic E-state index is -3.92. The Bertz CT molecular complexity index is 1560. The van der Waals surface area contributed by atoms with E-state index in [0.717, 1.165) is 24.5 Å². The van der Waals surface area contributed by atoms with E-state index in [4.69, 9.17) is 23.2 Å². The van der Waals surface area contributed by atoms with Gasteiger partial charge in [-0.15, -0.1) is 0 Å². The Morgan fingerprint density at radius 2 is 1.79 bits per heavy atom. The van der Waals surface area contributed by atoms with E-state index < -0.39 is 39.2 Å². The van der Waals surface area contributed by atoms with Gasteiger partial charge in [-0.25, -0.2) is 22.2 Å². The number of amides is 1. The molecule has 7 nitrogen and oxygen atoms in total. The highest BCUT2D eigenvalue weighted by Crippen LogP contribution is 2.33. The van der Waals surface area contributed by atoms with Crippen LogP contribution in [-0.4, -0.2) is 35.3 Å². The molecule has 0 saturated heterocycles. The number of carbonyl (C=O) groups excluding carboxylic acids is 1. The summed E-state index contributed by atoms with van der Waals surface area (Å²) in [6, 6.07) is 8.62. The van der Waals surface area contributed by atoms with Crippen molar-refractivity contribution in [1.29, 1.82) is 0 Å². The maximum absolute atomic E-state index is 14.6. The summed E-state index contributed by atoms with van der Waals surface area (Å²) >= 11 is 12.5. The Morgan fingerprint density at radius 1 is 1.06 bits per heavy atom. The zero-order valence-corrected chi connectivity index (χ0v) is 18.7. The van der Waals surface area contributed by atoms with Crippen LogP contribution in [0.3, 0.4) is 0 Å². The van der Waals surface area contributed by atoms with E-state index in [2.05, 4.69) is 10.1 Å². The molecule has 2 heterocycles. The smallest absolute Gasteiger partial charge is 0.267 e. The Balaban J connectivity index is 1.81. The molecule has 0 aliphatic rings. The number of hydrogen-bond acceptors (Lipinski definition) is 5. The van der Waals surface area contributed by atoms with Crippen LogP contribution in [0.25, 0.3) is 27.7 Å². The summed E-state index contributed by atoms with van der Waals surface area (Å²) in [4.78, 5) is 15.2. The number of nitrogens with one attached hydrogen (secondary N) is 1. The third-order valence-corrected chi connectivity index (χ3v) is 5.69. The number of sulfonamides is 1. The number of pyridine rings is 1. The van der Waals surface area contributed by atoms with Crippen molar-refractivity contribution in [3.05, 3.63) is 75.9 Å². The predicted octanol–water partition coefficient (Wildman–Crippen LogP) is 4.50. The molecule has 0 saturated carbocycles. The molecule has 33 heavy (non-hydrogen) atoms. The largest absolute Gasteiger partial charge is 0.268 e. The molecule has 1 amide bonds. The summed E-state index contributed by atoms with van der Waals surface area (Å²) in [5.74, 6) is -4.21. The molecule has 4 rings (SSSR count). The summed E-state index contributed by atoms with van der Waals surface area (Å²) in [6.07, 6.45) is 0.749. The molecule has 0 aliphatic heterocycles. The van der Waals surface area contributed by atoms with Gasteiger partial charge in [0.2, 0.25) is 21.9 Å². The van der Waals surface area contributed by atoms with Gasteiger partial charge < -0.3 is 0 Å². The molecule has 13 heteroatoms. The van der Waals surface area contributed by atoms with Gasteiger partial charge in [-0.05, 0) is 35.9 Å². The van der Waals surface area contributed by atoms with E-state index >= 15 is 0 Å². The second kappa shape index (κ2) is 8.32. The number of benzene rings is 2. The monoisotopic (exact) mass is 514 g/mol. The molecule has 0 radical (unpaired) electrons. The highest BCUT2D eigenvalue weighted by atomic mass is 35.5. The number of hydrogen-bond donors (Lipinski definition) is 1. The summed E-state index contributed by atoms with van der Waals surface area (Å²) in [6.45, 7) is 0. The van der Waals surface area contributed by atoms with Crippen LogP contribution < -0.4 is 4.72 Å². The normalized spacial score (nSPS) is 11.7. The van der Waals surface area contributed by atoms with E-state index in [-0.39, 0.29) is 21.4 Å². The zero-order chi connectivity index (χ0) is 24.1. The summed E-state index contributed by atoms with van der Waals surface area (Å²) in [5.41, 5.74) is 0.183. The van der Waals surface area contributed by atoms with Crippen molar-refractivity contribution < 1.29 is 26.4 Å². The van der Waals surface area contributed by atoms with Crippen LogP contribution in [0.1, 0.15) is 10.4 Å². The fourth-order valence-corrected chi connectivity index (χ4v) is 4.07.